The van der Waals surface area contributed by atoms with Crippen molar-refractivity contribution in [1.29, 1.82) is 0 Å². The minimum Gasteiger partial charge on any atom is -0.452 e. The molecule has 0 heterocycles. The number of likely N-dealkylation sites (N-methyl/N-ethyl adjacent to an activating group) is 1. The molecule has 1 saturated carbocycles. The molecule has 1 aromatic carbocycles. The van der Waals surface area contributed by atoms with Crippen molar-refractivity contribution in [2.75, 3.05) is 19.4 Å². The van der Waals surface area contributed by atoms with E-state index in [2.05, 4.69) is 0 Å². The first-order valence-electron chi connectivity index (χ1n) is 6.28. The molecular weight excluding hydrogens is 244 g/mol. The number of carbonyl (C=O) groups is 2. The molecule has 0 saturated heterocycles. The molecule has 0 atom stereocenters. The first-order valence-corrected chi connectivity index (χ1v) is 6.28. The second-order valence-corrected chi connectivity index (χ2v) is 4.89. The summed E-state index contributed by atoms with van der Waals surface area (Å²) < 4.78 is 5.04. The Kier molecular flexibility index (Phi) is 3.74. The van der Waals surface area contributed by atoms with E-state index in [0.717, 1.165) is 18.4 Å². The fourth-order valence-electron chi connectivity index (χ4n) is 1.89. The Morgan fingerprint density at radius 3 is 2.68 bits per heavy atom. The minimum absolute atomic E-state index is 0.163. The van der Waals surface area contributed by atoms with Gasteiger partial charge in [-0.1, -0.05) is 0 Å². The maximum Gasteiger partial charge on any atom is 0.338 e. The highest BCUT2D eigenvalue weighted by Crippen LogP contribution is 2.25. The van der Waals surface area contributed by atoms with Gasteiger partial charge in [0, 0.05) is 18.8 Å². The molecule has 1 fully saturated rings. The monoisotopic (exact) mass is 262 g/mol. The largest absolute Gasteiger partial charge is 0.452 e. The van der Waals surface area contributed by atoms with Gasteiger partial charge < -0.3 is 15.4 Å². The predicted octanol–water partition coefficient (Wildman–Crippen LogP) is 1.35. The Morgan fingerprint density at radius 2 is 2.11 bits per heavy atom. The van der Waals surface area contributed by atoms with Crippen LogP contribution in [-0.4, -0.2) is 36.5 Å². The molecule has 0 radical (unpaired) electrons. The number of amides is 1. The molecule has 0 spiro atoms. The Morgan fingerprint density at radius 1 is 1.42 bits per heavy atom. The summed E-state index contributed by atoms with van der Waals surface area (Å²) in [6, 6.07) is 5.28. The van der Waals surface area contributed by atoms with E-state index in [4.69, 9.17) is 10.5 Å². The molecule has 102 valence electrons. The first kappa shape index (κ1) is 13.4. The fraction of sp³-hybridized carbons (Fsp3) is 0.429. The van der Waals surface area contributed by atoms with Gasteiger partial charge in [0.15, 0.2) is 6.61 Å². The van der Waals surface area contributed by atoms with Crippen molar-refractivity contribution < 1.29 is 14.3 Å². The fourth-order valence-corrected chi connectivity index (χ4v) is 1.89. The number of anilines is 1. The number of hydrogen-bond donors (Lipinski definition) is 1. The lowest BCUT2D eigenvalue weighted by molar-refractivity contribution is -0.133. The number of nitrogens with zero attached hydrogens (tertiary/aromatic N) is 1. The summed E-state index contributed by atoms with van der Waals surface area (Å²) >= 11 is 0. The SMILES string of the molecule is Cc1cc(N)ccc1C(=O)OCC(=O)N(C)C1CC1. The number of carbonyl (C=O) groups excluding carboxylic acids is 2. The second-order valence-electron chi connectivity index (χ2n) is 4.89. The Labute approximate surface area is 112 Å². The molecule has 0 aliphatic heterocycles. The zero-order chi connectivity index (χ0) is 14.0. The topological polar surface area (TPSA) is 72.6 Å². The molecule has 2 rings (SSSR count). The van der Waals surface area contributed by atoms with Crippen LogP contribution < -0.4 is 5.73 Å². The van der Waals surface area contributed by atoms with Gasteiger partial charge >= 0.3 is 5.97 Å². The number of rotatable bonds is 4. The zero-order valence-corrected chi connectivity index (χ0v) is 11.2. The van der Waals surface area contributed by atoms with Crippen molar-refractivity contribution in [1.82, 2.24) is 4.90 Å². The van der Waals surface area contributed by atoms with Gasteiger partial charge in [0.2, 0.25) is 0 Å². The van der Waals surface area contributed by atoms with Gasteiger partial charge in [0.1, 0.15) is 0 Å². The number of esters is 1. The number of nitrogens with two attached hydrogens (primary N) is 1. The molecular formula is C14H18N2O3. The minimum atomic E-state index is -0.491. The van der Waals surface area contributed by atoms with Gasteiger partial charge in [-0.3, -0.25) is 4.79 Å². The normalized spacial score (nSPS) is 14.0. The third kappa shape index (κ3) is 3.24. The van der Waals surface area contributed by atoms with E-state index in [-0.39, 0.29) is 12.5 Å². The van der Waals surface area contributed by atoms with Crippen molar-refractivity contribution in [2.45, 2.75) is 25.8 Å². The molecule has 1 aromatic rings. The van der Waals surface area contributed by atoms with Crippen LogP contribution in [0.2, 0.25) is 0 Å². The van der Waals surface area contributed by atoms with Crippen LogP contribution in [-0.2, 0) is 9.53 Å². The number of benzene rings is 1. The third-order valence-corrected chi connectivity index (χ3v) is 3.29. The molecule has 0 unspecified atom stereocenters. The summed E-state index contributed by atoms with van der Waals surface area (Å²) in [5.74, 6) is -0.654. The van der Waals surface area contributed by atoms with E-state index in [1.807, 2.05) is 0 Å². The number of hydrogen-bond acceptors (Lipinski definition) is 4. The van der Waals surface area contributed by atoms with Gasteiger partial charge in [0.05, 0.1) is 5.56 Å². The predicted molar refractivity (Wildman–Crippen MR) is 71.7 cm³/mol. The van der Waals surface area contributed by atoms with Gasteiger partial charge in [-0.2, -0.15) is 0 Å². The quantitative estimate of drug-likeness (QED) is 0.656. The van der Waals surface area contributed by atoms with E-state index >= 15 is 0 Å². The summed E-state index contributed by atoms with van der Waals surface area (Å²) in [7, 11) is 1.74. The van der Waals surface area contributed by atoms with Crippen LogP contribution in [0.3, 0.4) is 0 Å². The maximum absolute atomic E-state index is 11.9. The van der Waals surface area contributed by atoms with Gasteiger partial charge in [-0.15, -0.1) is 0 Å². The van der Waals surface area contributed by atoms with Crippen molar-refractivity contribution in [3.8, 4) is 0 Å². The molecule has 19 heavy (non-hydrogen) atoms. The second kappa shape index (κ2) is 5.30. The van der Waals surface area contributed by atoms with Crippen molar-refractivity contribution in [3.63, 3.8) is 0 Å². The molecule has 2 N–H and O–H groups in total. The van der Waals surface area contributed by atoms with Crippen LogP contribution in [0.5, 0.6) is 0 Å². The van der Waals surface area contributed by atoms with E-state index in [1.54, 1.807) is 37.1 Å². The highest BCUT2D eigenvalue weighted by Gasteiger charge is 2.29. The van der Waals surface area contributed by atoms with Crippen LogP contribution >= 0.6 is 0 Å². The Hall–Kier alpha value is -2.04. The summed E-state index contributed by atoms with van der Waals surface area (Å²) in [6.45, 7) is 1.57. The molecule has 1 aliphatic rings. The lowest BCUT2D eigenvalue weighted by atomic mass is 10.1. The molecule has 0 aromatic heterocycles. The first-order chi connectivity index (χ1) is 8.99. The van der Waals surface area contributed by atoms with Crippen LogP contribution in [0.25, 0.3) is 0 Å². The van der Waals surface area contributed by atoms with Gasteiger partial charge in [0.25, 0.3) is 5.91 Å². The highest BCUT2D eigenvalue weighted by molar-refractivity contribution is 5.93. The molecule has 1 amide bonds. The summed E-state index contributed by atoms with van der Waals surface area (Å²) in [6.07, 6.45) is 2.07. The van der Waals surface area contributed by atoms with Crippen LogP contribution in [0.1, 0.15) is 28.8 Å². The highest BCUT2D eigenvalue weighted by atomic mass is 16.5. The average molecular weight is 262 g/mol. The standard InChI is InChI=1S/C14H18N2O3/c1-9-7-10(15)3-6-12(9)14(18)19-8-13(17)16(2)11-4-5-11/h3,6-7,11H,4-5,8,15H2,1-2H3. The van der Waals surface area contributed by atoms with Gasteiger partial charge in [-0.25, -0.2) is 4.79 Å². The van der Waals surface area contributed by atoms with Crippen LogP contribution in [0.4, 0.5) is 5.69 Å². The summed E-state index contributed by atoms with van der Waals surface area (Å²) in [5, 5.41) is 0. The summed E-state index contributed by atoms with van der Waals surface area (Å²) in [4.78, 5) is 25.2. The lowest BCUT2D eigenvalue weighted by Crippen LogP contribution is -2.33. The molecule has 1 aliphatic carbocycles. The van der Waals surface area contributed by atoms with Crippen molar-refractivity contribution >= 4 is 17.6 Å². The number of aryl methyl sites for hydroxylation is 1. The van der Waals surface area contributed by atoms with E-state index < -0.39 is 5.97 Å². The van der Waals surface area contributed by atoms with Gasteiger partial charge in [-0.05, 0) is 43.5 Å². The number of nitrogen functional groups attached to an aromatic ring is 1. The van der Waals surface area contributed by atoms with Crippen LogP contribution in [0, 0.1) is 6.92 Å². The van der Waals surface area contributed by atoms with E-state index in [1.165, 1.54) is 0 Å². The maximum atomic E-state index is 11.9. The van der Waals surface area contributed by atoms with E-state index in [0.29, 0.717) is 17.3 Å². The number of ether oxygens (including phenoxy) is 1. The van der Waals surface area contributed by atoms with Crippen LogP contribution in [0.15, 0.2) is 18.2 Å². The van der Waals surface area contributed by atoms with E-state index in [9.17, 15) is 9.59 Å². The zero-order valence-electron chi connectivity index (χ0n) is 11.2. The molecule has 0 bridgehead atoms. The lowest BCUT2D eigenvalue weighted by Gasteiger charge is -2.16. The average Bonchev–Trinajstić information content (AvgIpc) is 3.18. The molecule has 5 heteroatoms. The summed E-state index contributed by atoms with van der Waals surface area (Å²) in [5.41, 5.74) is 7.40. The third-order valence-electron chi connectivity index (χ3n) is 3.29. The Bertz CT molecular complexity index is 509. The van der Waals surface area contributed by atoms with Crippen molar-refractivity contribution in [2.24, 2.45) is 0 Å². The smallest absolute Gasteiger partial charge is 0.338 e. The molecule has 5 nitrogen and oxygen atoms in total. The Balaban J connectivity index is 1.91. The van der Waals surface area contributed by atoms with Crippen molar-refractivity contribution in [3.05, 3.63) is 29.3 Å².